The van der Waals surface area contributed by atoms with Crippen molar-refractivity contribution in [2.75, 3.05) is 11.9 Å². The molecule has 0 spiro atoms. The van der Waals surface area contributed by atoms with Crippen LogP contribution in [0.2, 0.25) is 10.0 Å². The molecule has 0 aliphatic heterocycles. The van der Waals surface area contributed by atoms with Crippen LogP contribution in [-0.4, -0.2) is 18.5 Å². The van der Waals surface area contributed by atoms with Gasteiger partial charge in [0.15, 0.2) is 0 Å². The fourth-order valence-corrected chi connectivity index (χ4v) is 2.57. The topological polar surface area (TPSA) is 41.1 Å². The molecule has 0 heterocycles. The fourth-order valence-electron chi connectivity index (χ4n) is 2.18. The van der Waals surface area contributed by atoms with E-state index in [9.17, 15) is 4.79 Å². The van der Waals surface area contributed by atoms with Crippen molar-refractivity contribution < 1.29 is 4.79 Å². The third-order valence-electron chi connectivity index (χ3n) is 3.61. The average Bonchev–Trinajstić information content (AvgIpc) is 2.54. The van der Waals surface area contributed by atoms with Crippen LogP contribution in [0.4, 0.5) is 5.69 Å². The van der Waals surface area contributed by atoms with E-state index in [4.69, 9.17) is 23.2 Å². The molecule has 0 saturated carbocycles. The summed E-state index contributed by atoms with van der Waals surface area (Å²) in [5, 5.41) is 7.02. The Labute approximate surface area is 147 Å². The zero-order chi connectivity index (χ0) is 16.8. The number of anilines is 1. The second kappa shape index (κ2) is 8.23. The minimum Gasteiger partial charge on any atom is -0.380 e. The molecule has 0 aliphatic carbocycles. The average molecular weight is 351 g/mol. The number of halogens is 2. The molecule has 5 heteroatoms. The van der Waals surface area contributed by atoms with Crippen molar-refractivity contribution in [1.82, 2.24) is 5.32 Å². The van der Waals surface area contributed by atoms with Crippen LogP contribution >= 0.6 is 23.2 Å². The molecule has 2 rings (SSSR count). The number of rotatable bonds is 6. The first-order chi connectivity index (χ1) is 11.0. The highest BCUT2D eigenvalue weighted by Crippen LogP contribution is 2.25. The molecule has 0 aliphatic rings. The number of amides is 1. The molecule has 1 atom stereocenters. The maximum atomic E-state index is 12.3. The van der Waals surface area contributed by atoms with Gasteiger partial charge in [-0.15, -0.1) is 0 Å². The lowest BCUT2D eigenvalue weighted by Gasteiger charge is -2.24. The predicted octanol–water partition coefficient (Wildman–Crippen LogP) is 4.86. The van der Waals surface area contributed by atoms with Crippen molar-refractivity contribution in [3.8, 4) is 0 Å². The van der Waals surface area contributed by atoms with E-state index in [1.54, 1.807) is 18.2 Å². The molecule has 0 fully saturated rings. The summed E-state index contributed by atoms with van der Waals surface area (Å²) >= 11 is 12.0. The minimum atomic E-state index is -0.224. The SMILES string of the molecule is CC(C)C(CNC(=O)c1cccc(Cl)c1Cl)Nc1ccccc1. The van der Waals surface area contributed by atoms with Gasteiger partial charge in [-0.3, -0.25) is 4.79 Å². The quantitative estimate of drug-likeness (QED) is 0.780. The summed E-state index contributed by atoms with van der Waals surface area (Å²) in [7, 11) is 0. The lowest BCUT2D eigenvalue weighted by Crippen LogP contribution is -2.39. The van der Waals surface area contributed by atoms with Crippen molar-refractivity contribution in [2.45, 2.75) is 19.9 Å². The standard InChI is InChI=1S/C18H20Cl2N2O/c1-12(2)16(22-13-7-4-3-5-8-13)11-21-18(23)14-9-6-10-15(19)17(14)20/h3-10,12,16,22H,11H2,1-2H3,(H,21,23). The Morgan fingerprint density at radius 1 is 1.04 bits per heavy atom. The Kier molecular flexibility index (Phi) is 6.31. The predicted molar refractivity (Wildman–Crippen MR) is 97.5 cm³/mol. The molecule has 23 heavy (non-hydrogen) atoms. The van der Waals surface area contributed by atoms with E-state index in [1.165, 1.54) is 0 Å². The van der Waals surface area contributed by atoms with Crippen LogP contribution in [0.25, 0.3) is 0 Å². The van der Waals surface area contributed by atoms with E-state index in [1.807, 2.05) is 30.3 Å². The summed E-state index contributed by atoms with van der Waals surface area (Å²) in [5.41, 5.74) is 1.42. The first-order valence-electron chi connectivity index (χ1n) is 7.53. The highest BCUT2D eigenvalue weighted by molar-refractivity contribution is 6.43. The van der Waals surface area contributed by atoms with Crippen LogP contribution in [0.3, 0.4) is 0 Å². The Balaban J connectivity index is 2.01. The molecule has 2 aromatic carbocycles. The van der Waals surface area contributed by atoms with Gasteiger partial charge >= 0.3 is 0 Å². The van der Waals surface area contributed by atoms with Crippen LogP contribution < -0.4 is 10.6 Å². The Hall–Kier alpha value is -1.71. The lowest BCUT2D eigenvalue weighted by molar-refractivity contribution is 0.0950. The van der Waals surface area contributed by atoms with E-state index >= 15 is 0 Å². The van der Waals surface area contributed by atoms with E-state index in [2.05, 4.69) is 24.5 Å². The van der Waals surface area contributed by atoms with Gasteiger partial charge in [-0.1, -0.05) is 61.3 Å². The van der Waals surface area contributed by atoms with Gasteiger partial charge in [0.05, 0.1) is 15.6 Å². The van der Waals surface area contributed by atoms with Gasteiger partial charge < -0.3 is 10.6 Å². The molecule has 0 aromatic heterocycles. The zero-order valence-corrected chi connectivity index (χ0v) is 14.7. The molecule has 0 saturated heterocycles. The van der Waals surface area contributed by atoms with Crippen LogP contribution in [0, 0.1) is 5.92 Å². The normalized spacial score (nSPS) is 12.0. The summed E-state index contributed by atoms with van der Waals surface area (Å²) in [6.45, 7) is 4.71. The number of hydrogen-bond donors (Lipinski definition) is 2. The summed E-state index contributed by atoms with van der Waals surface area (Å²) in [6.07, 6.45) is 0. The highest BCUT2D eigenvalue weighted by Gasteiger charge is 2.17. The van der Waals surface area contributed by atoms with E-state index < -0.39 is 0 Å². The Morgan fingerprint density at radius 2 is 1.74 bits per heavy atom. The summed E-state index contributed by atoms with van der Waals surface area (Å²) < 4.78 is 0. The molecular weight excluding hydrogens is 331 g/mol. The van der Waals surface area contributed by atoms with Crippen LogP contribution in [0.5, 0.6) is 0 Å². The summed E-state index contributed by atoms with van der Waals surface area (Å²) in [5.74, 6) is 0.128. The number of hydrogen-bond acceptors (Lipinski definition) is 2. The number of nitrogens with one attached hydrogen (secondary N) is 2. The van der Waals surface area contributed by atoms with Gasteiger partial charge in [0.2, 0.25) is 0 Å². The maximum absolute atomic E-state index is 12.3. The monoisotopic (exact) mass is 350 g/mol. The number of carbonyl (C=O) groups is 1. The van der Waals surface area contributed by atoms with Crippen molar-refractivity contribution in [2.24, 2.45) is 5.92 Å². The van der Waals surface area contributed by atoms with Gasteiger partial charge in [0.25, 0.3) is 5.91 Å². The van der Waals surface area contributed by atoms with Crippen molar-refractivity contribution >= 4 is 34.8 Å². The summed E-state index contributed by atoms with van der Waals surface area (Å²) in [4.78, 5) is 12.3. The van der Waals surface area contributed by atoms with E-state index in [-0.39, 0.29) is 17.0 Å². The van der Waals surface area contributed by atoms with Crippen LogP contribution in [-0.2, 0) is 0 Å². The smallest absolute Gasteiger partial charge is 0.252 e. The molecule has 1 amide bonds. The van der Waals surface area contributed by atoms with Gasteiger partial charge in [0.1, 0.15) is 0 Å². The molecule has 2 N–H and O–H groups in total. The second-order valence-electron chi connectivity index (χ2n) is 5.67. The number of benzene rings is 2. The number of para-hydroxylation sites is 1. The Morgan fingerprint density at radius 3 is 2.39 bits per heavy atom. The second-order valence-corrected chi connectivity index (χ2v) is 6.46. The van der Waals surface area contributed by atoms with E-state index in [0.29, 0.717) is 23.0 Å². The molecule has 122 valence electrons. The highest BCUT2D eigenvalue weighted by atomic mass is 35.5. The lowest BCUT2D eigenvalue weighted by atomic mass is 10.0. The zero-order valence-electron chi connectivity index (χ0n) is 13.1. The minimum absolute atomic E-state index is 0.110. The van der Waals surface area contributed by atoms with Crippen LogP contribution in [0.1, 0.15) is 24.2 Å². The fraction of sp³-hybridized carbons (Fsp3) is 0.278. The molecule has 0 bridgehead atoms. The first kappa shape index (κ1) is 17.6. The van der Waals surface area contributed by atoms with Gasteiger partial charge in [0, 0.05) is 18.3 Å². The van der Waals surface area contributed by atoms with Crippen LogP contribution in [0.15, 0.2) is 48.5 Å². The van der Waals surface area contributed by atoms with Gasteiger partial charge in [-0.05, 0) is 30.2 Å². The Bertz CT molecular complexity index is 659. The molecule has 0 radical (unpaired) electrons. The molecule has 2 aromatic rings. The largest absolute Gasteiger partial charge is 0.380 e. The summed E-state index contributed by atoms with van der Waals surface area (Å²) in [6, 6.07) is 15.1. The van der Waals surface area contributed by atoms with Gasteiger partial charge in [-0.2, -0.15) is 0 Å². The number of carbonyl (C=O) groups excluding carboxylic acids is 1. The third kappa shape index (κ3) is 4.88. The first-order valence-corrected chi connectivity index (χ1v) is 8.28. The van der Waals surface area contributed by atoms with Crippen molar-refractivity contribution in [1.29, 1.82) is 0 Å². The van der Waals surface area contributed by atoms with Gasteiger partial charge in [-0.25, -0.2) is 0 Å². The van der Waals surface area contributed by atoms with E-state index in [0.717, 1.165) is 5.69 Å². The molecule has 3 nitrogen and oxygen atoms in total. The van der Waals surface area contributed by atoms with Crippen molar-refractivity contribution in [3.63, 3.8) is 0 Å². The van der Waals surface area contributed by atoms with Crippen molar-refractivity contribution in [3.05, 3.63) is 64.1 Å². The maximum Gasteiger partial charge on any atom is 0.252 e. The molecule has 1 unspecified atom stereocenters. The molecular formula is C18H20Cl2N2O. The third-order valence-corrected chi connectivity index (χ3v) is 4.43.